The molecule has 0 bridgehead atoms. The zero-order valence-electron chi connectivity index (χ0n) is 9.12. The minimum atomic E-state index is -1.02. The van der Waals surface area contributed by atoms with Gasteiger partial charge in [-0.3, -0.25) is 4.79 Å². The maximum Gasteiger partial charge on any atom is 0.245 e. The molecule has 16 heavy (non-hydrogen) atoms. The zero-order valence-corrected chi connectivity index (χ0v) is 10.7. The smallest absolute Gasteiger partial charge is 0.245 e. The number of hydrogen-bond donors (Lipinski definition) is 1. The first-order valence-electron chi connectivity index (χ1n) is 4.86. The van der Waals surface area contributed by atoms with Crippen LogP contribution in [0.2, 0.25) is 0 Å². The van der Waals surface area contributed by atoms with Crippen molar-refractivity contribution >= 4 is 27.7 Å². The Labute approximate surface area is 103 Å². The summed E-state index contributed by atoms with van der Waals surface area (Å²) in [5.41, 5.74) is -1.02. The van der Waals surface area contributed by atoms with Gasteiger partial charge in [-0.15, -0.1) is 0 Å². The molecular formula is C11H12BrN3O. The summed E-state index contributed by atoms with van der Waals surface area (Å²) in [7, 11) is 0. The lowest BCUT2D eigenvalue weighted by molar-refractivity contribution is -0.122. The number of rotatable bonds is 3. The predicted molar refractivity (Wildman–Crippen MR) is 64.6 cm³/mol. The third-order valence-corrected chi connectivity index (χ3v) is 3.09. The highest BCUT2D eigenvalue weighted by atomic mass is 79.9. The van der Waals surface area contributed by atoms with Crippen LogP contribution in [-0.4, -0.2) is 10.9 Å². The van der Waals surface area contributed by atoms with E-state index < -0.39 is 5.41 Å². The first-order valence-corrected chi connectivity index (χ1v) is 5.66. The number of carbonyl (C=O) groups is 1. The van der Waals surface area contributed by atoms with E-state index in [4.69, 9.17) is 5.26 Å². The van der Waals surface area contributed by atoms with Gasteiger partial charge in [-0.25, -0.2) is 4.98 Å². The monoisotopic (exact) mass is 281 g/mol. The Kier molecular flexibility index (Phi) is 4.02. The van der Waals surface area contributed by atoms with Gasteiger partial charge in [-0.2, -0.15) is 5.26 Å². The maximum atomic E-state index is 11.9. The molecular weight excluding hydrogens is 270 g/mol. The third-order valence-electron chi connectivity index (χ3n) is 2.45. The Hall–Kier alpha value is -1.41. The number of anilines is 1. The number of nitrogens with zero attached hydrogens (tertiary/aromatic N) is 2. The van der Waals surface area contributed by atoms with Gasteiger partial charge in [-0.05, 0) is 41.4 Å². The second-order valence-corrected chi connectivity index (χ2v) is 4.44. The molecule has 0 saturated carbocycles. The van der Waals surface area contributed by atoms with Crippen molar-refractivity contribution in [3.05, 3.63) is 22.8 Å². The van der Waals surface area contributed by atoms with Gasteiger partial charge < -0.3 is 5.32 Å². The SMILES string of the molecule is CCC(C)(C#N)C(=O)Nc1ncccc1Br. The molecule has 0 fully saturated rings. The highest BCUT2D eigenvalue weighted by molar-refractivity contribution is 9.10. The van der Waals surface area contributed by atoms with Crippen LogP contribution in [0.1, 0.15) is 20.3 Å². The molecule has 1 aromatic heterocycles. The standard InChI is InChI=1S/C11H12BrN3O/c1-3-11(2,7-13)10(16)15-9-8(12)5-4-6-14-9/h4-6H,3H2,1-2H3,(H,14,15,16). The van der Waals surface area contributed by atoms with Crippen LogP contribution >= 0.6 is 15.9 Å². The summed E-state index contributed by atoms with van der Waals surface area (Å²) in [6.45, 7) is 3.41. The fourth-order valence-electron chi connectivity index (χ4n) is 1.01. The average molecular weight is 282 g/mol. The first kappa shape index (κ1) is 12.7. The van der Waals surface area contributed by atoms with Crippen molar-refractivity contribution in [2.75, 3.05) is 5.32 Å². The molecule has 1 amide bonds. The van der Waals surface area contributed by atoms with E-state index in [0.29, 0.717) is 16.7 Å². The minimum absolute atomic E-state index is 0.336. The van der Waals surface area contributed by atoms with Crippen LogP contribution in [0.5, 0.6) is 0 Å². The van der Waals surface area contributed by atoms with Gasteiger partial charge in [0.15, 0.2) is 0 Å². The molecule has 0 saturated heterocycles. The molecule has 1 unspecified atom stereocenters. The number of hydrogen-bond acceptors (Lipinski definition) is 3. The number of pyridine rings is 1. The summed E-state index contributed by atoms with van der Waals surface area (Å²) in [4.78, 5) is 15.9. The van der Waals surface area contributed by atoms with Gasteiger partial charge in [0, 0.05) is 6.20 Å². The Balaban J connectivity index is 2.88. The normalized spacial score (nSPS) is 13.6. The molecule has 1 aromatic rings. The van der Waals surface area contributed by atoms with Crippen molar-refractivity contribution in [2.45, 2.75) is 20.3 Å². The maximum absolute atomic E-state index is 11.9. The zero-order chi connectivity index (χ0) is 12.2. The quantitative estimate of drug-likeness (QED) is 0.926. The van der Waals surface area contributed by atoms with Crippen LogP contribution in [0.15, 0.2) is 22.8 Å². The molecule has 0 aliphatic carbocycles. The summed E-state index contributed by atoms with van der Waals surface area (Å²) >= 11 is 3.28. The van der Waals surface area contributed by atoms with Gasteiger partial charge in [0.05, 0.1) is 10.5 Å². The molecule has 1 heterocycles. The Bertz CT molecular complexity index is 441. The van der Waals surface area contributed by atoms with Gasteiger partial charge in [-0.1, -0.05) is 6.92 Å². The Morgan fingerprint density at radius 2 is 2.44 bits per heavy atom. The molecule has 1 rings (SSSR count). The number of nitriles is 1. The highest BCUT2D eigenvalue weighted by Crippen LogP contribution is 2.24. The van der Waals surface area contributed by atoms with Gasteiger partial charge in [0.2, 0.25) is 5.91 Å². The van der Waals surface area contributed by atoms with Crippen molar-refractivity contribution < 1.29 is 4.79 Å². The van der Waals surface area contributed by atoms with Crippen LogP contribution in [0.25, 0.3) is 0 Å². The fraction of sp³-hybridized carbons (Fsp3) is 0.364. The molecule has 1 atom stereocenters. The Morgan fingerprint density at radius 1 is 1.75 bits per heavy atom. The second kappa shape index (κ2) is 5.08. The number of aromatic nitrogens is 1. The lowest BCUT2D eigenvalue weighted by atomic mass is 9.88. The third kappa shape index (κ3) is 2.58. The van der Waals surface area contributed by atoms with E-state index in [1.165, 1.54) is 0 Å². The summed E-state index contributed by atoms with van der Waals surface area (Å²) in [6.07, 6.45) is 2.04. The lowest BCUT2D eigenvalue weighted by Gasteiger charge is -2.18. The topological polar surface area (TPSA) is 65.8 Å². The lowest BCUT2D eigenvalue weighted by Crippen LogP contribution is -2.31. The molecule has 0 aliphatic rings. The van der Waals surface area contributed by atoms with Crippen LogP contribution in [0, 0.1) is 16.7 Å². The van der Waals surface area contributed by atoms with Gasteiger partial charge >= 0.3 is 0 Å². The molecule has 4 nitrogen and oxygen atoms in total. The number of nitrogens with one attached hydrogen (secondary N) is 1. The fourth-order valence-corrected chi connectivity index (χ4v) is 1.37. The average Bonchev–Trinajstić information content (AvgIpc) is 2.31. The highest BCUT2D eigenvalue weighted by Gasteiger charge is 2.31. The van der Waals surface area contributed by atoms with Gasteiger partial charge in [0.1, 0.15) is 11.2 Å². The van der Waals surface area contributed by atoms with E-state index in [9.17, 15) is 4.79 Å². The van der Waals surface area contributed by atoms with Crippen LogP contribution < -0.4 is 5.32 Å². The van der Waals surface area contributed by atoms with E-state index in [1.807, 2.05) is 6.07 Å². The molecule has 0 radical (unpaired) electrons. The van der Waals surface area contributed by atoms with Crippen molar-refractivity contribution in [3.63, 3.8) is 0 Å². The molecule has 84 valence electrons. The van der Waals surface area contributed by atoms with Crippen molar-refractivity contribution in [1.82, 2.24) is 4.98 Å². The largest absolute Gasteiger partial charge is 0.308 e. The summed E-state index contributed by atoms with van der Waals surface area (Å²) < 4.78 is 0.694. The number of carbonyl (C=O) groups excluding carboxylic acids is 1. The van der Waals surface area contributed by atoms with E-state index in [1.54, 1.807) is 32.2 Å². The second-order valence-electron chi connectivity index (χ2n) is 3.59. The van der Waals surface area contributed by atoms with Crippen LogP contribution in [0.4, 0.5) is 5.82 Å². The van der Waals surface area contributed by atoms with Crippen LogP contribution in [0.3, 0.4) is 0 Å². The summed E-state index contributed by atoms with van der Waals surface area (Å²) in [5.74, 6) is 0.0966. The van der Waals surface area contributed by atoms with E-state index >= 15 is 0 Å². The minimum Gasteiger partial charge on any atom is -0.308 e. The molecule has 0 aromatic carbocycles. The number of halogens is 1. The predicted octanol–water partition coefficient (Wildman–Crippen LogP) is 2.72. The van der Waals surface area contributed by atoms with Crippen LogP contribution in [-0.2, 0) is 4.79 Å². The molecule has 1 N–H and O–H groups in total. The molecule has 5 heteroatoms. The first-order chi connectivity index (χ1) is 7.53. The van der Waals surface area contributed by atoms with Gasteiger partial charge in [0.25, 0.3) is 0 Å². The van der Waals surface area contributed by atoms with Crippen molar-refractivity contribution in [3.8, 4) is 6.07 Å². The van der Waals surface area contributed by atoms with Crippen molar-refractivity contribution in [1.29, 1.82) is 5.26 Å². The number of amides is 1. The molecule has 0 aliphatic heterocycles. The van der Waals surface area contributed by atoms with E-state index in [2.05, 4.69) is 26.2 Å². The summed E-state index contributed by atoms with van der Waals surface area (Å²) in [6, 6.07) is 5.54. The summed E-state index contributed by atoms with van der Waals surface area (Å²) in [5, 5.41) is 11.6. The van der Waals surface area contributed by atoms with E-state index in [0.717, 1.165) is 0 Å². The van der Waals surface area contributed by atoms with E-state index in [-0.39, 0.29) is 5.91 Å². The van der Waals surface area contributed by atoms with Crippen molar-refractivity contribution in [2.24, 2.45) is 5.41 Å². The molecule has 0 spiro atoms. The Morgan fingerprint density at radius 3 is 2.94 bits per heavy atom.